The maximum absolute atomic E-state index is 6.38. The largest absolute Gasteiger partial charge is 0.369 e. The molecule has 1 saturated heterocycles. The van der Waals surface area contributed by atoms with Crippen molar-refractivity contribution in [1.82, 2.24) is 10.2 Å². The van der Waals surface area contributed by atoms with E-state index in [1.54, 1.807) is 0 Å². The highest BCUT2D eigenvalue weighted by molar-refractivity contribution is 5.08. The van der Waals surface area contributed by atoms with Crippen LogP contribution in [0.3, 0.4) is 0 Å². The van der Waals surface area contributed by atoms with Gasteiger partial charge in [0.2, 0.25) is 0 Å². The first kappa shape index (κ1) is 18.9. The van der Waals surface area contributed by atoms with E-state index in [0.29, 0.717) is 12.0 Å². The van der Waals surface area contributed by atoms with E-state index in [4.69, 9.17) is 4.74 Å². The number of nitrogens with one attached hydrogen (secondary N) is 1. The van der Waals surface area contributed by atoms with Gasteiger partial charge in [-0.05, 0) is 67.6 Å². The van der Waals surface area contributed by atoms with Crippen LogP contribution in [0, 0.1) is 5.92 Å². The van der Waals surface area contributed by atoms with E-state index in [1.165, 1.54) is 0 Å². The Morgan fingerprint density at radius 1 is 1.14 bits per heavy atom. The second-order valence-electron chi connectivity index (χ2n) is 8.02. The van der Waals surface area contributed by atoms with Crippen LogP contribution in [0.15, 0.2) is 0 Å². The zero-order valence-electron chi connectivity index (χ0n) is 15.8. The van der Waals surface area contributed by atoms with Crippen LogP contribution < -0.4 is 5.32 Å². The first-order chi connectivity index (χ1) is 9.56. The van der Waals surface area contributed by atoms with E-state index in [9.17, 15) is 0 Å². The fourth-order valence-corrected chi connectivity index (χ4v) is 4.65. The van der Waals surface area contributed by atoms with Crippen LogP contribution in [-0.4, -0.2) is 48.3 Å². The van der Waals surface area contributed by atoms with Crippen LogP contribution in [0.2, 0.25) is 0 Å². The van der Waals surface area contributed by atoms with Gasteiger partial charge in [-0.1, -0.05) is 20.8 Å². The van der Waals surface area contributed by atoms with Crippen molar-refractivity contribution < 1.29 is 4.74 Å². The molecule has 1 rings (SSSR count). The molecule has 21 heavy (non-hydrogen) atoms. The molecule has 1 aliphatic heterocycles. The van der Waals surface area contributed by atoms with Gasteiger partial charge in [-0.2, -0.15) is 0 Å². The van der Waals surface area contributed by atoms with E-state index in [-0.39, 0.29) is 16.7 Å². The maximum Gasteiger partial charge on any atom is 0.0678 e. The molecule has 1 heterocycles. The molecule has 2 atom stereocenters. The Hall–Kier alpha value is -0.120. The average Bonchev–Trinajstić information content (AvgIpc) is 2.57. The number of hydrogen-bond donors (Lipinski definition) is 1. The Labute approximate surface area is 132 Å². The van der Waals surface area contributed by atoms with Gasteiger partial charge >= 0.3 is 0 Å². The molecule has 1 N–H and O–H groups in total. The van der Waals surface area contributed by atoms with Crippen molar-refractivity contribution in [3.63, 3.8) is 0 Å². The lowest BCUT2D eigenvalue weighted by atomic mass is 9.70. The van der Waals surface area contributed by atoms with Gasteiger partial charge in [0, 0.05) is 17.5 Å². The third-order valence-corrected chi connectivity index (χ3v) is 5.66. The molecule has 3 heteroatoms. The van der Waals surface area contributed by atoms with Gasteiger partial charge in [0.25, 0.3) is 0 Å². The minimum absolute atomic E-state index is 0.0264. The quantitative estimate of drug-likeness (QED) is 0.776. The monoisotopic (exact) mass is 298 g/mol. The Morgan fingerprint density at radius 2 is 1.67 bits per heavy atom. The molecule has 0 bridgehead atoms. The van der Waals surface area contributed by atoms with Crippen molar-refractivity contribution in [3.8, 4) is 0 Å². The van der Waals surface area contributed by atoms with E-state index in [0.717, 1.165) is 25.8 Å². The molecule has 0 aromatic rings. The molecular formula is C18H38N2O. The number of hydrogen-bond acceptors (Lipinski definition) is 3. The van der Waals surface area contributed by atoms with E-state index < -0.39 is 0 Å². The third kappa shape index (κ3) is 3.62. The fraction of sp³-hybridized carbons (Fsp3) is 1.00. The minimum Gasteiger partial charge on any atom is -0.369 e. The molecule has 1 fully saturated rings. The minimum atomic E-state index is -0.0814. The summed E-state index contributed by atoms with van der Waals surface area (Å²) >= 11 is 0. The first-order valence-corrected chi connectivity index (χ1v) is 8.67. The zero-order valence-corrected chi connectivity index (χ0v) is 15.8. The van der Waals surface area contributed by atoms with Crippen molar-refractivity contribution in [2.24, 2.45) is 5.92 Å². The molecule has 0 saturated carbocycles. The van der Waals surface area contributed by atoms with Crippen LogP contribution in [0.1, 0.15) is 67.7 Å². The molecule has 0 radical (unpaired) electrons. The maximum atomic E-state index is 6.38. The lowest BCUT2D eigenvalue weighted by Crippen LogP contribution is -2.63. The predicted molar refractivity (Wildman–Crippen MR) is 91.8 cm³/mol. The Morgan fingerprint density at radius 3 is 1.95 bits per heavy atom. The summed E-state index contributed by atoms with van der Waals surface area (Å²) in [6, 6.07) is 0.448. The summed E-state index contributed by atoms with van der Waals surface area (Å²) in [5, 5.41) is 3.82. The summed E-state index contributed by atoms with van der Waals surface area (Å²) in [6.07, 6.45) is 3.43. The van der Waals surface area contributed by atoms with Gasteiger partial charge in [0.15, 0.2) is 0 Å². The topological polar surface area (TPSA) is 24.5 Å². The first-order valence-electron chi connectivity index (χ1n) is 8.67. The van der Waals surface area contributed by atoms with Crippen molar-refractivity contribution in [3.05, 3.63) is 0 Å². The molecular weight excluding hydrogens is 260 g/mol. The number of nitrogens with zero attached hydrogens (tertiary/aromatic N) is 1. The Bertz CT molecular complexity index is 332. The zero-order chi connectivity index (χ0) is 16.5. The average molecular weight is 299 g/mol. The molecule has 2 unspecified atom stereocenters. The van der Waals surface area contributed by atoms with Crippen LogP contribution in [0.5, 0.6) is 0 Å². The van der Waals surface area contributed by atoms with E-state index in [2.05, 4.69) is 72.8 Å². The second kappa shape index (κ2) is 6.55. The van der Waals surface area contributed by atoms with Gasteiger partial charge < -0.3 is 15.0 Å². The van der Waals surface area contributed by atoms with E-state index >= 15 is 0 Å². The summed E-state index contributed by atoms with van der Waals surface area (Å²) in [6.45, 7) is 16.9. The highest BCUT2D eigenvalue weighted by Crippen LogP contribution is 2.47. The van der Waals surface area contributed by atoms with Gasteiger partial charge in [-0.15, -0.1) is 0 Å². The highest BCUT2D eigenvalue weighted by Gasteiger charge is 2.54. The van der Waals surface area contributed by atoms with Crippen molar-refractivity contribution in [1.29, 1.82) is 0 Å². The summed E-state index contributed by atoms with van der Waals surface area (Å²) < 4.78 is 6.38. The van der Waals surface area contributed by atoms with E-state index in [1.807, 2.05) is 0 Å². The van der Waals surface area contributed by atoms with Gasteiger partial charge in [-0.3, -0.25) is 0 Å². The summed E-state index contributed by atoms with van der Waals surface area (Å²) in [4.78, 5) is 2.43. The van der Waals surface area contributed by atoms with Gasteiger partial charge in [-0.25, -0.2) is 0 Å². The lowest BCUT2D eigenvalue weighted by molar-refractivity contribution is -0.0851. The third-order valence-electron chi connectivity index (χ3n) is 5.66. The molecule has 0 aromatic heterocycles. The van der Waals surface area contributed by atoms with Crippen LogP contribution in [-0.2, 0) is 4.74 Å². The summed E-state index contributed by atoms with van der Waals surface area (Å²) in [5.74, 6) is 0.523. The fourth-order valence-electron chi connectivity index (χ4n) is 4.65. The van der Waals surface area contributed by atoms with Crippen LogP contribution in [0.25, 0.3) is 0 Å². The molecule has 1 aliphatic rings. The van der Waals surface area contributed by atoms with Crippen molar-refractivity contribution in [2.45, 2.75) is 90.5 Å². The molecule has 3 nitrogen and oxygen atoms in total. The second-order valence-corrected chi connectivity index (χ2v) is 8.02. The van der Waals surface area contributed by atoms with Crippen LogP contribution >= 0.6 is 0 Å². The highest BCUT2D eigenvalue weighted by atomic mass is 16.5. The number of rotatable bonds is 7. The molecule has 0 amide bonds. The number of ether oxygens (including phenoxy) is 1. The molecule has 0 aliphatic carbocycles. The predicted octanol–water partition coefficient (Wildman–Crippen LogP) is 3.68. The van der Waals surface area contributed by atoms with Crippen molar-refractivity contribution >= 4 is 0 Å². The number of likely N-dealkylation sites (N-methyl/N-ethyl adjacent to an activating group) is 2. The Balaban J connectivity index is 3.22. The van der Waals surface area contributed by atoms with Gasteiger partial charge in [0.1, 0.15) is 0 Å². The summed E-state index contributed by atoms with van der Waals surface area (Å²) in [5.41, 5.74) is 0.0744. The normalized spacial score (nSPS) is 26.3. The smallest absolute Gasteiger partial charge is 0.0678 e. The standard InChI is InChI=1S/C18H38N2O/c1-10-18(11-2,20(8)9)15(19-12-3)14-13-16(4,5)21-17(14,6)7/h14-15,19H,10-13H2,1-9H3. The van der Waals surface area contributed by atoms with Crippen LogP contribution in [0.4, 0.5) is 0 Å². The molecule has 0 spiro atoms. The lowest BCUT2D eigenvalue weighted by Gasteiger charge is -2.50. The molecule has 0 aromatic carbocycles. The van der Waals surface area contributed by atoms with Gasteiger partial charge in [0.05, 0.1) is 11.2 Å². The summed E-state index contributed by atoms with van der Waals surface area (Å²) in [7, 11) is 4.45. The molecule has 126 valence electrons. The SMILES string of the molecule is CCNC(C1CC(C)(C)OC1(C)C)C(CC)(CC)N(C)C. The van der Waals surface area contributed by atoms with Crippen molar-refractivity contribution in [2.75, 3.05) is 20.6 Å². The Kier molecular flexibility index (Phi) is 5.91.